The Kier molecular flexibility index (Phi) is 5.13. The van der Waals surface area contributed by atoms with E-state index in [1.807, 2.05) is 31.3 Å². The Morgan fingerprint density at radius 3 is 2.75 bits per heavy atom. The number of nitrogens with one attached hydrogen (secondary N) is 1. The van der Waals surface area contributed by atoms with Crippen LogP contribution in [-0.4, -0.2) is 58.6 Å². The molecule has 7 nitrogen and oxygen atoms in total. The largest absolute Gasteiger partial charge is 0.373 e. The molecule has 1 amide bonds. The molecule has 0 radical (unpaired) electrons. The Morgan fingerprint density at radius 1 is 1.38 bits per heavy atom. The molecule has 8 heteroatoms. The SMILES string of the molecule is CN1CCO[C@@H]([C@@H](NC(=O)c2cnnn2C)c2ccc(Cl)cc2)C1. The van der Waals surface area contributed by atoms with Crippen LogP contribution in [0.5, 0.6) is 0 Å². The van der Waals surface area contributed by atoms with E-state index in [1.165, 1.54) is 10.9 Å². The van der Waals surface area contributed by atoms with E-state index >= 15 is 0 Å². The lowest BCUT2D eigenvalue weighted by atomic mass is 9.99. The predicted molar refractivity (Wildman–Crippen MR) is 89.9 cm³/mol. The Hall–Kier alpha value is -1.96. The zero-order valence-corrected chi connectivity index (χ0v) is 14.4. The van der Waals surface area contributed by atoms with Crippen molar-refractivity contribution in [3.8, 4) is 0 Å². The van der Waals surface area contributed by atoms with E-state index in [0.717, 1.165) is 18.7 Å². The second kappa shape index (κ2) is 7.29. The number of hydrogen-bond donors (Lipinski definition) is 1. The molecule has 0 aliphatic carbocycles. The number of ether oxygens (including phenoxy) is 1. The van der Waals surface area contributed by atoms with Crippen LogP contribution in [0.2, 0.25) is 5.02 Å². The number of aryl methyl sites for hydroxylation is 1. The lowest BCUT2D eigenvalue weighted by molar-refractivity contribution is -0.0381. The van der Waals surface area contributed by atoms with Crippen molar-refractivity contribution in [1.82, 2.24) is 25.2 Å². The van der Waals surface area contributed by atoms with E-state index in [4.69, 9.17) is 16.3 Å². The van der Waals surface area contributed by atoms with Crippen molar-refractivity contribution in [2.75, 3.05) is 26.7 Å². The van der Waals surface area contributed by atoms with Gasteiger partial charge >= 0.3 is 0 Å². The van der Waals surface area contributed by atoms with Crippen LogP contribution in [0.1, 0.15) is 22.1 Å². The summed E-state index contributed by atoms with van der Waals surface area (Å²) in [5.74, 6) is -0.237. The molecule has 1 aliphatic heterocycles. The molecule has 1 aliphatic rings. The first-order chi connectivity index (χ1) is 11.5. The standard InChI is InChI=1S/C16H20ClN5O2/c1-21-7-8-24-14(10-21)15(11-3-5-12(17)6-4-11)19-16(23)13-9-18-20-22(13)2/h3-6,9,14-15H,7-8,10H2,1-2H3,(H,19,23)/t14-,15+/m1/s1. The minimum atomic E-state index is -0.285. The van der Waals surface area contributed by atoms with E-state index in [1.54, 1.807) is 7.05 Å². The lowest BCUT2D eigenvalue weighted by Gasteiger charge is -2.35. The highest BCUT2D eigenvalue weighted by Crippen LogP contribution is 2.24. The summed E-state index contributed by atoms with van der Waals surface area (Å²) in [5.41, 5.74) is 1.35. The van der Waals surface area contributed by atoms with Crippen LogP contribution in [0.3, 0.4) is 0 Å². The van der Waals surface area contributed by atoms with E-state index in [2.05, 4.69) is 20.5 Å². The van der Waals surface area contributed by atoms with Gasteiger partial charge in [0.15, 0.2) is 0 Å². The van der Waals surface area contributed by atoms with Gasteiger partial charge in [0.05, 0.1) is 24.9 Å². The predicted octanol–water partition coefficient (Wildman–Crippen LogP) is 1.27. The van der Waals surface area contributed by atoms with E-state index in [0.29, 0.717) is 17.3 Å². The van der Waals surface area contributed by atoms with Gasteiger partial charge in [0.1, 0.15) is 5.69 Å². The summed E-state index contributed by atoms with van der Waals surface area (Å²) in [6, 6.07) is 7.16. The van der Waals surface area contributed by atoms with E-state index < -0.39 is 0 Å². The van der Waals surface area contributed by atoms with Gasteiger partial charge in [-0.25, -0.2) is 4.68 Å². The molecule has 0 unspecified atom stereocenters. The van der Waals surface area contributed by atoms with Gasteiger partial charge in [-0.2, -0.15) is 0 Å². The Morgan fingerprint density at radius 2 is 2.12 bits per heavy atom. The second-order valence-corrected chi connectivity index (χ2v) is 6.35. The maximum absolute atomic E-state index is 12.6. The quantitative estimate of drug-likeness (QED) is 0.900. The van der Waals surface area contributed by atoms with Crippen LogP contribution in [0.25, 0.3) is 0 Å². The van der Waals surface area contributed by atoms with Gasteiger partial charge in [-0.05, 0) is 24.7 Å². The zero-order valence-electron chi connectivity index (χ0n) is 13.6. The van der Waals surface area contributed by atoms with Gasteiger partial charge in [0, 0.05) is 25.2 Å². The van der Waals surface area contributed by atoms with Crippen molar-refractivity contribution in [1.29, 1.82) is 0 Å². The van der Waals surface area contributed by atoms with Gasteiger partial charge in [0.25, 0.3) is 5.91 Å². The van der Waals surface area contributed by atoms with Crippen molar-refractivity contribution < 1.29 is 9.53 Å². The van der Waals surface area contributed by atoms with E-state index in [-0.39, 0.29) is 18.1 Å². The first kappa shape index (κ1) is 16.9. The molecule has 2 heterocycles. The topological polar surface area (TPSA) is 72.3 Å². The molecule has 0 spiro atoms. The Bertz CT molecular complexity index is 703. The molecular formula is C16H20ClN5O2. The minimum Gasteiger partial charge on any atom is -0.373 e. The summed E-state index contributed by atoms with van der Waals surface area (Å²) in [6.45, 7) is 2.25. The average Bonchev–Trinajstić information content (AvgIpc) is 2.99. The first-order valence-corrected chi connectivity index (χ1v) is 8.13. The number of halogens is 1. The van der Waals surface area contributed by atoms with Gasteiger partial charge < -0.3 is 15.0 Å². The summed E-state index contributed by atoms with van der Waals surface area (Å²) in [4.78, 5) is 14.8. The van der Waals surface area contributed by atoms with Gasteiger partial charge in [-0.3, -0.25) is 4.79 Å². The Labute approximate surface area is 145 Å². The molecule has 2 atom stereocenters. The highest BCUT2D eigenvalue weighted by Gasteiger charge is 2.30. The summed E-state index contributed by atoms with van der Waals surface area (Å²) in [5, 5.41) is 11.3. The number of amides is 1. The number of carbonyl (C=O) groups excluding carboxylic acids is 1. The third-order valence-corrected chi connectivity index (χ3v) is 4.38. The third-order valence-electron chi connectivity index (χ3n) is 4.13. The van der Waals surface area contributed by atoms with Crippen molar-refractivity contribution >= 4 is 17.5 Å². The number of morpholine rings is 1. The Balaban J connectivity index is 1.85. The van der Waals surface area contributed by atoms with Crippen molar-refractivity contribution in [2.45, 2.75) is 12.1 Å². The summed E-state index contributed by atoms with van der Waals surface area (Å²) in [6.07, 6.45) is 1.30. The second-order valence-electron chi connectivity index (χ2n) is 5.92. The molecular weight excluding hydrogens is 330 g/mol. The van der Waals surface area contributed by atoms with Crippen molar-refractivity contribution in [3.05, 3.63) is 46.7 Å². The summed E-state index contributed by atoms with van der Waals surface area (Å²) >= 11 is 5.99. The molecule has 1 aromatic carbocycles. The summed E-state index contributed by atoms with van der Waals surface area (Å²) < 4.78 is 7.36. The molecule has 0 saturated carbocycles. The fraction of sp³-hybridized carbons (Fsp3) is 0.438. The number of benzene rings is 1. The molecule has 1 aromatic heterocycles. The van der Waals surface area contributed by atoms with Crippen LogP contribution in [-0.2, 0) is 11.8 Å². The van der Waals surface area contributed by atoms with Gasteiger partial charge in [0.2, 0.25) is 0 Å². The van der Waals surface area contributed by atoms with Crippen LogP contribution >= 0.6 is 11.6 Å². The molecule has 0 bridgehead atoms. The number of aromatic nitrogens is 3. The maximum Gasteiger partial charge on any atom is 0.271 e. The van der Waals surface area contributed by atoms with Crippen molar-refractivity contribution in [3.63, 3.8) is 0 Å². The monoisotopic (exact) mass is 349 g/mol. The maximum atomic E-state index is 12.6. The molecule has 2 aromatic rings. The molecule has 1 N–H and O–H groups in total. The van der Waals surface area contributed by atoms with Crippen LogP contribution in [0.4, 0.5) is 0 Å². The lowest BCUT2D eigenvalue weighted by Crippen LogP contribution is -2.48. The van der Waals surface area contributed by atoms with Crippen LogP contribution in [0.15, 0.2) is 30.5 Å². The number of nitrogens with zero attached hydrogens (tertiary/aromatic N) is 4. The molecule has 128 valence electrons. The van der Waals surface area contributed by atoms with Crippen LogP contribution in [0, 0.1) is 0 Å². The smallest absolute Gasteiger partial charge is 0.271 e. The number of likely N-dealkylation sites (N-methyl/N-ethyl adjacent to an activating group) is 1. The molecule has 3 rings (SSSR count). The average molecular weight is 350 g/mol. The number of hydrogen-bond acceptors (Lipinski definition) is 5. The van der Waals surface area contributed by atoms with Crippen LogP contribution < -0.4 is 5.32 Å². The zero-order chi connectivity index (χ0) is 17.1. The highest BCUT2D eigenvalue weighted by atomic mass is 35.5. The highest BCUT2D eigenvalue weighted by molar-refractivity contribution is 6.30. The first-order valence-electron chi connectivity index (χ1n) is 7.76. The van der Waals surface area contributed by atoms with Gasteiger partial charge in [-0.1, -0.05) is 28.9 Å². The van der Waals surface area contributed by atoms with Crippen molar-refractivity contribution in [2.24, 2.45) is 7.05 Å². The van der Waals surface area contributed by atoms with E-state index in [9.17, 15) is 4.79 Å². The summed E-state index contributed by atoms with van der Waals surface area (Å²) in [7, 11) is 3.73. The molecule has 1 fully saturated rings. The van der Waals surface area contributed by atoms with Gasteiger partial charge in [-0.15, -0.1) is 5.10 Å². The minimum absolute atomic E-state index is 0.143. The molecule has 1 saturated heterocycles. The normalized spacial score (nSPS) is 19.9. The fourth-order valence-electron chi connectivity index (χ4n) is 2.78. The molecule has 24 heavy (non-hydrogen) atoms. The number of carbonyl (C=O) groups is 1. The third kappa shape index (κ3) is 3.75. The number of rotatable bonds is 4. The fourth-order valence-corrected chi connectivity index (χ4v) is 2.91.